The number of benzene rings is 6. The average Bonchev–Trinajstić information content (AvgIpc) is 4.57. The normalized spacial score (nSPS) is 17.0. The number of nitrogens with one attached hydrogen (secondary N) is 2. The van der Waals surface area contributed by atoms with Crippen LogP contribution < -0.4 is 16.4 Å². The van der Waals surface area contributed by atoms with Crippen LogP contribution in [0.2, 0.25) is 0 Å². The molecule has 0 aromatic heterocycles. The van der Waals surface area contributed by atoms with Crippen molar-refractivity contribution in [2.45, 2.75) is 83.5 Å². The molecular weight excluding hydrogens is 1060 g/mol. The molecule has 0 aliphatic carbocycles. The number of nitrogens with two attached hydrogens (primary N) is 1. The van der Waals surface area contributed by atoms with E-state index in [-0.39, 0.29) is 22.9 Å². The Kier molecular flexibility index (Phi) is 19.0. The molecule has 0 saturated carbocycles. The summed E-state index contributed by atoms with van der Waals surface area (Å²) >= 11 is 0. The predicted octanol–water partition coefficient (Wildman–Crippen LogP) is 10.3. The second-order valence-corrected chi connectivity index (χ2v) is 23.1. The Morgan fingerprint density at radius 3 is 0.929 bits per heavy atom. The number of aliphatic imine (C=N–C) groups is 4. The van der Waals surface area contributed by atoms with Gasteiger partial charge in [-0.2, -0.15) is 0 Å². The molecule has 0 spiro atoms. The molecule has 13 rings (SSSR count). The first-order valence-electron chi connectivity index (χ1n) is 30.4. The number of carboxylic acids is 2. The monoisotopic (exact) mass is 1140 g/mol. The van der Waals surface area contributed by atoms with Crippen LogP contribution in [0.15, 0.2) is 141 Å². The van der Waals surface area contributed by atoms with Gasteiger partial charge in [0, 0.05) is 76.1 Å². The summed E-state index contributed by atoms with van der Waals surface area (Å²) in [5, 5.41) is 24.5. The zero-order chi connectivity index (χ0) is 58.7. The Morgan fingerprint density at radius 1 is 0.376 bits per heavy atom. The summed E-state index contributed by atoms with van der Waals surface area (Å²) in [5.74, 6) is -1.91. The number of piperidine rings is 3. The van der Waals surface area contributed by atoms with Crippen LogP contribution in [0.25, 0.3) is 0 Å². The lowest BCUT2D eigenvalue weighted by atomic mass is 9.98. The Balaban J connectivity index is 0.000000164. The smallest absolute Gasteiger partial charge is 0.335 e. The van der Waals surface area contributed by atoms with E-state index in [1.165, 1.54) is 70.9 Å². The maximum absolute atomic E-state index is 12.8. The van der Waals surface area contributed by atoms with Gasteiger partial charge in [-0.25, -0.2) is 9.59 Å². The van der Waals surface area contributed by atoms with E-state index in [9.17, 15) is 19.2 Å². The van der Waals surface area contributed by atoms with E-state index in [2.05, 4.69) is 59.6 Å². The molecule has 16 nitrogen and oxygen atoms in total. The molecule has 85 heavy (non-hydrogen) atoms. The van der Waals surface area contributed by atoms with Gasteiger partial charge in [0.1, 0.15) is 0 Å². The van der Waals surface area contributed by atoms with E-state index in [1.807, 2.05) is 60.7 Å². The Bertz CT molecular complexity index is 3350. The van der Waals surface area contributed by atoms with E-state index >= 15 is 0 Å². The van der Waals surface area contributed by atoms with Crippen molar-refractivity contribution in [2.24, 2.45) is 25.7 Å². The van der Waals surface area contributed by atoms with Crippen molar-refractivity contribution in [1.29, 1.82) is 0 Å². The highest BCUT2D eigenvalue weighted by Gasteiger charge is 2.24. The third kappa shape index (κ3) is 14.8. The number of fused-ring (bicyclic) bond motifs is 4. The maximum Gasteiger partial charge on any atom is 0.335 e. The number of likely N-dealkylation sites (tertiary alicyclic amines) is 3. The van der Waals surface area contributed by atoms with Gasteiger partial charge in [0.25, 0.3) is 11.8 Å². The fraction of sp³-hybridized carbons (Fsp3) is 0.362. The molecule has 7 heterocycles. The summed E-state index contributed by atoms with van der Waals surface area (Å²) in [4.78, 5) is 74.4. The highest BCUT2D eigenvalue weighted by atomic mass is 16.4. The van der Waals surface area contributed by atoms with Crippen molar-refractivity contribution in [3.63, 3.8) is 0 Å². The van der Waals surface area contributed by atoms with E-state index < -0.39 is 11.9 Å². The van der Waals surface area contributed by atoms with Crippen molar-refractivity contribution in [1.82, 2.24) is 25.3 Å². The molecule has 3 fully saturated rings. The van der Waals surface area contributed by atoms with Crippen LogP contribution in [-0.4, -0.2) is 150 Å². The SMILES string of the molecule is NCCN1CCCCC1.O=C(NCCN1CCCCC1)c1ccc2c(c1)CC(c1ccc(C3=Nc4ccc(C(=O)NCCN5CCCCC5)cc4C3)cc1)=N2.O=C(O)c1ccc2c(c1)CC(c1ccc(C3=Nc4ccc(C(=O)O)cc4C3)cc1)=N2. The summed E-state index contributed by atoms with van der Waals surface area (Å²) in [6.45, 7) is 12.2. The fourth-order valence-corrected chi connectivity index (χ4v) is 12.3. The van der Waals surface area contributed by atoms with Crippen LogP contribution in [0.5, 0.6) is 0 Å². The summed E-state index contributed by atoms with van der Waals surface area (Å²) < 4.78 is 0. The molecule has 7 aliphatic heterocycles. The zero-order valence-electron chi connectivity index (χ0n) is 48.5. The Morgan fingerprint density at radius 2 is 0.647 bits per heavy atom. The van der Waals surface area contributed by atoms with Gasteiger partial charge >= 0.3 is 11.9 Å². The standard InChI is InChI=1S/C38H44N6O2.C24H16N2O4.C7H16N2/c45-37(39-15-21-43-17-3-1-4-18-43)29-11-13-33-31(23-29)25-35(41-33)27-7-9-28(10-8-27)36-26-32-24-30(12-14-34(32)42-36)38(46)40-16-22-44-19-5-2-6-20-44;27-23(28)15-5-7-19-17(9-15)11-21(25-19)13-1-2-14(4-3-13)22-12-18-10-16(24(29)30)6-8-20(18)26-22;8-4-7-9-5-2-1-3-6-9/h7-14,23-24H,1-6,15-22,25-26H2,(H,39,45)(H,40,46);1-10H,11-12H2,(H,27,28)(H,29,30);1-8H2. The van der Waals surface area contributed by atoms with Gasteiger partial charge in [-0.3, -0.25) is 29.6 Å². The highest BCUT2D eigenvalue weighted by Crippen LogP contribution is 2.35. The Hall–Kier alpha value is -8.28. The molecule has 0 unspecified atom stereocenters. The van der Waals surface area contributed by atoms with E-state index in [1.54, 1.807) is 36.4 Å². The summed E-state index contributed by atoms with van der Waals surface area (Å²) in [5.41, 5.74) is 22.8. The van der Waals surface area contributed by atoms with Crippen molar-refractivity contribution in [3.8, 4) is 0 Å². The third-order valence-electron chi connectivity index (χ3n) is 17.1. The van der Waals surface area contributed by atoms with E-state index in [0.29, 0.717) is 49.9 Å². The van der Waals surface area contributed by atoms with E-state index in [4.69, 9.17) is 25.9 Å². The first-order chi connectivity index (χ1) is 41.5. The molecular formula is C69H76N10O6. The third-order valence-corrected chi connectivity index (χ3v) is 17.1. The predicted molar refractivity (Wildman–Crippen MR) is 337 cm³/mol. The molecule has 0 bridgehead atoms. The molecule has 2 amide bonds. The van der Waals surface area contributed by atoms with Gasteiger partial charge in [-0.1, -0.05) is 67.8 Å². The minimum absolute atomic E-state index is 0.0171. The second-order valence-electron chi connectivity index (χ2n) is 23.1. The minimum Gasteiger partial charge on any atom is -0.478 e. The van der Waals surface area contributed by atoms with Crippen molar-refractivity contribution >= 4 is 69.3 Å². The van der Waals surface area contributed by atoms with Gasteiger partial charge < -0.3 is 41.3 Å². The Labute approximate surface area is 497 Å². The van der Waals surface area contributed by atoms with Crippen LogP contribution in [0, 0.1) is 0 Å². The fourth-order valence-electron chi connectivity index (χ4n) is 12.3. The van der Waals surface area contributed by atoms with Crippen molar-refractivity contribution in [2.75, 3.05) is 78.5 Å². The number of carboxylic acid groups (broad SMARTS) is 2. The molecule has 3 saturated heterocycles. The number of aromatic carboxylic acids is 2. The van der Waals surface area contributed by atoms with Gasteiger partial charge in [0.2, 0.25) is 0 Å². The molecule has 6 aromatic carbocycles. The number of carbonyl (C=O) groups is 4. The van der Waals surface area contributed by atoms with Crippen molar-refractivity contribution in [3.05, 3.63) is 188 Å². The van der Waals surface area contributed by atoms with Crippen LogP contribution in [0.4, 0.5) is 22.7 Å². The van der Waals surface area contributed by atoms with Crippen LogP contribution in [-0.2, 0) is 25.7 Å². The highest BCUT2D eigenvalue weighted by molar-refractivity contribution is 6.11. The largest absolute Gasteiger partial charge is 0.478 e. The first kappa shape index (κ1) is 58.5. The first-order valence-corrected chi connectivity index (χ1v) is 30.4. The molecule has 438 valence electrons. The molecule has 16 heteroatoms. The zero-order valence-corrected chi connectivity index (χ0v) is 48.5. The molecule has 6 aromatic rings. The molecule has 0 radical (unpaired) electrons. The number of hydrogen-bond donors (Lipinski definition) is 5. The average molecular weight is 1140 g/mol. The van der Waals surface area contributed by atoms with E-state index in [0.717, 1.165) is 142 Å². The lowest BCUT2D eigenvalue weighted by Gasteiger charge is -2.26. The van der Waals surface area contributed by atoms with Crippen molar-refractivity contribution < 1.29 is 29.4 Å². The van der Waals surface area contributed by atoms with Gasteiger partial charge in [-0.05, 0) is 195 Å². The number of amides is 2. The maximum atomic E-state index is 12.8. The number of carbonyl (C=O) groups excluding carboxylic acids is 2. The lowest BCUT2D eigenvalue weighted by Crippen LogP contribution is -2.37. The summed E-state index contributed by atoms with van der Waals surface area (Å²) in [6.07, 6.45) is 14.4. The number of rotatable bonds is 16. The lowest BCUT2D eigenvalue weighted by molar-refractivity contribution is 0.0686. The minimum atomic E-state index is -0.940. The number of nitrogens with zero attached hydrogens (tertiary/aromatic N) is 7. The topological polar surface area (TPSA) is 218 Å². The van der Waals surface area contributed by atoms with Gasteiger partial charge in [-0.15, -0.1) is 0 Å². The summed E-state index contributed by atoms with van der Waals surface area (Å²) in [7, 11) is 0. The summed E-state index contributed by atoms with van der Waals surface area (Å²) in [6, 6.07) is 38.1. The molecule has 7 aliphatic rings. The number of hydrogen-bond acceptors (Lipinski definition) is 12. The van der Waals surface area contributed by atoms with Crippen LogP contribution in [0.3, 0.4) is 0 Å². The quantitative estimate of drug-likeness (QED) is 0.0618. The second kappa shape index (κ2) is 27.6. The molecule has 6 N–H and O–H groups in total. The van der Waals surface area contributed by atoms with Gasteiger partial charge in [0.05, 0.1) is 56.7 Å². The van der Waals surface area contributed by atoms with Gasteiger partial charge in [0.15, 0.2) is 0 Å². The van der Waals surface area contributed by atoms with Crippen LogP contribution in [0.1, 0.15) is 144 Å². The molecule has 0 atom stereocenters. The van der Waals surface area contributed by atoms with Crippen LogP contribution >= 0.6 is 0 Å².